The molecule has 4 heteroatoms. The standard InChI is InChI=1S/C13H15NO3/c1-17-7-6-13(16)11-4-2-10(3-5-11)8-12(14)9-15/h2-7,9,12H,8,14H2,1H3/b7-6+/t12-/m0/s1. The van der Waals surface area contributed by atoms with Gasteiger partial charge in [-0.25, -0.2) is 0 Å². The van der Waals surface area contributed by atoms with Gasteiger partial charge in [0.25, 0.3) is 0 Å². The van der Waals surface area contributed by atoms with Gasteiger partial charge in [0.05, 0.1) is 19.4 Å². The Kier molecular flexibility index (Phi) is 5.10. The molecule has 17 heavy (non-hydrogen) atoms. The highest BCUT2D eigenvalue weighted by Crippen LogP contribution is 2.07. The number of ether oxygens (including phenoxy) is 1. The highest BCUT2D eigenvalue weighted by Gasteiger charge is 2.04. The second-order valence-electron chi connectivity index (χ2n) is 3.60. The molecule has 1 aromatic carbocycles. The van der Waals surface area contributed by atoms with Crippen LogP contribution in [-0.4, -0.2) is 25.2 Å². The quantitative estimate of drug-likeness (QED) is 0.346. The predicted molar refractivity (Wildman–Crippen MR) is 64.7 cm³/mol. The summed E-state index contributed by atoms with van der Waals surface area (Å²) in [6.07, 6.45) is 3.87. The topological polar surface area (TPSA) is 69.4 Å². The van der Waals surface area contributed by atoms with Gasteiger partial charge in [0, 0.05) is 11.6 Å². The molecule has 0 saturated heterocycles. The van der Waals surface area contributed by atoms with E-state index in [1.54, 1.807) is 24.3 Å². The summed E-state index contributed by atoms with van der Waals surface area (Å²) in [7, 11) is 1.48. The second-order valence-corrected chi connectivity index (χ2v) is 3.60. The van der Waals surface area contributed by atoms with E-state index in [9.17, 15) is 9.59 Å². The van der Waals surface area contributed by atoms with E-state index < -0.39 is 6.04 Å². The fourth-order valence-corrected chi connectivity index (χ4v) is 1.35. The number of allylic oxidation sites excluding steroid dienone is 1. The summed E-state index contributed by atoms with van der Waals surface area (Å²) in [6, 6.07) is 6.49. The Bertz CT molecular complexity index is 409. The summed E-state index contributed by atoms with van der Waals surface area (Å²) in [5.74, 6) is -0.127. The Balaban J connectivity index is 2.70. The van der Waals surface area contributed by atoms with Crippen molar-refractivity contribution in [2.24, 2.45) is 5.73 Å². The first-order valence-electron chi connectivity index (χ1n) is 5.21. The van der Waals surface area contributed by atoms with Crippen LogP contribution in [0.5, 0.6) is 0 Å². The van der Waals surface area contributed by atoms with Gasteiger partial charge < -0.3 is 15.3 Å². The molecule has 1 atom stereocenters. The van der Waals surface area contributed by atoms with Crippen molar-refractivity contribution in [3.8, 4) is 0 Å². The molecule has 0 amide bonds. The molecule has 1 aromatic rings. The number of hydrogen-bond acceptors (Lipinski definition) is 4. The molecule has 0 aromatic heterocycles. The van der Waals surface area contributed by atoms with Crippen LogP contribution >= 0.6 is 0 Å². The minimum Gasteiger partial charge on any atom is -0.504 e. The van der Waals surface area contributed by atoms with Gasteiger partial charge in [-0.05, 0) is 12.0 Å². The van der Waals surface area contributed by atoms with Gasteiger partial charge in [0.2, 0.25) is 0 Å². The van der Waals surface area contributed by atoms with Gasteiger partial charge in [0.15, 0.2) is 5.78 Å². The fraction of sp³-hybridized carbons (Fsp3) is 0.231. The third kappa shape index (κ3) is 4.20. The summed E-state index contributed by atoms with van der Waals surface area (Å²) in [5.41, 5.74) is 7.00. The number of nitrogens with two attached hydrogens (primary N) is 1. The van der Waals surface area contributed by atoms with Crippen LogP contribution in [0.2, 0.25) is 0 Å². The van der Waals surface area contributed by atoms with E-state index >= 15 is 0 Å². The third-order valence-electron chi connectivity index (χ3n) is 2.24. The summed E-state index contributed by atoms with van der Waals surface area (Å²) < 4.78 is 4.67. The molecule has 0 heterocycles. The SMILES string of the molecule is CO/C=C/C(=O)c1ccc(C[C@H](N)C=O)cc1. The molecule has 0 aliphatic rings. The lowest BCUT2D eigenvalue weighted by molar-refractivity contribution is -0.108. The predicted octanol–water partition coefficient (Wildman–Crippen LogP) is 1.10. The van der Waals surface area contributed by atoms with E-state index in [-0.39, 0.29) is 5.78 Å². The van der Waals surface area contributed by atoms with Crippen molar-refractivity contribution < 1.29 is 14.3 Å². The minimum atomic E-state index is -0.495. The van der Waals surface area contributed by atoms with Crippen molar-refractivity contribution in [2.75, 3.05) is 7.11 Å². The van der Waals surface area contributed by atoms with Crippen molar-refractivity contribution in [2.45, 2.75) is 12.5 Å². The molecule has 0 saturated carbocycles. The van der Waals surface area contributed by atoms with E-state index in [0.717, 1.165) is 5.56 Å². The van der Waals surface area contributed by atoms with Crippen LogP contribution in [0.15, 0.2) is 36.6 Å². The minimum absolute atomic E-state index is 0.127. The average Bonchev–Trinajstić information content (AvgIpc) is 2.36. The lowest BCUT2D eigenvalue weighted by Gasteiger charge is -2.04. The Labute approximate surface area is 100 Å². The number of rotatable bonds is 6. The summed E-state index contributed by atoms with van der Waals surface area (Å²) in [5, 5.41) is 0. The maximum absolute atomic E-state index is 11.5. The molecule has 0 radical (unpaired) electrons. The molecular formula is C13H15NO3. The van der Waals surface area contributed by atoms with Gasteiger partial charge in [-0.1, -0.05) is 24.3 Å². The van der Waals surface area contributed by atoms with Gasteiger partial charge in [-0.2, -0.15) is 0 Å². The molecule has 0 aliphatic carbocycles. The average molecular weight is 233 g/mol. The number of carbonyl (C=O) groups is 2. The Morgan fingerprint density at radius 3 is 2.59 bits per heavy atom. The van der Waals surface area contributed by atoms with Crippen LogP contribution in [0.4, 0.5) is 0 Å². The maximum atomic E-state index is 11.5. The van der Waals surface area contributed by atoms with E-state index in [1.807, 2.05) is 0 Å². The number of benzene rings is 1. The van der Waals surface area contributed by atoms with Crippen molar-refractivity contribution in [3.05, 3.63) is 47.7 Å². The van der Waals surface area contributed by atoms with Gasteiger partial charge in [0.1, 0.15) is 6.29 Å². The number of carbonyl (C=O) groups excluding carboxylic acids is 2. The molecular weight excluding hydrogens is 218 g/mol. The monoisotopic (exact) mass is 233 g/mol. The zero-order valence-electron chi connectivity index (χ0n) is 9.63. The second kappa shape index (κ2) is 6.60. The van der Waals surface area contributed by atoms with Crippen LogP contribution < -0.4 is 5.73 Å². The first-order valence-corrected chi connectivity index (χ1v) is 5.21. The van der Waals surface area contributed by atoms with Crippen molar-refractivity contribution in [1.82, 2.24) is 0 Å². The summed E-state index contributed by atoms with van der Waals surface area (Å²) in [6.45, 7) is 0. The van der Waals surface area contributed by atoms with Crippen LogP contribution in [0, 0.1) is 0 Å². The van der Waals surface area contributed by atoms with E-state index in [1.165, 1.54) is 19.4 Å². The summed E-state index contributed by atoms with van der Waals surface area (Å²) in [4.78, 5) is 21.9. The first-order chi connectivity index (χ1) is 8.17. The van der Waals surface area contributed by atoms with Crippen molar-refractivity contribution in [3.63, 3.8) is 0 Å². The first kappa shape index (κ1) is 13.1. The third-order valence-corrected chi connectivity index (χ3v) is 2.24. The van der Waals surface area contributed by atoms with Gasteiger partial charge in [-0.15, -0.1) is 0 Å². The van der Waals surface area contributed by atoms with E-state index in [4.69, 9.17) is 5.73 Å². The molecule has 0 fully saturated rings. The molecule has 0 unspecified atom stereocenters. The zero-order chi connectivity index (χ0) is 12.7. The fourth-order valence-electron chi connectivity index (χ4n) is 1.35. The van der Waals surface area contributed by atoms with Crippen LogP contribution in [0.25, 0.3) is 0 Å². The van der Waals surface area contributed by atoms with Crippen LogP contribution in [0.1, 0.15) is 15.9 Å². The molecule has 1 rings (SSSR count). The Morgan fingerprint density at radius 2 is 2.06 bits per heavy atom. The number of methoxy groups -OCH3 is 1. The number of aldehydes is 1. The zero-order valence-corrected chi connectivity index (χ0v) is 9.63. The van der Waals surface area contributed by atoms with E-state index in [0.29, 0.717) is 18.3 Å². The molecule has 2 N–H and O–H groups in total. The lowest BCUT2D eigenvalue weighted by atomic mass is 10.0. The molecule has 4 nitrogen and oxygen atoms in total. The molecule has 0 aliphatic heterocycles. The highest BCUT2D eigenvalue weighted by molar-refractivity contribution is 6.04. The number of ketones is 1. The normalized spacial score (nSPS) is 12.4. The molecule has 0 spiro atoms. The summed E-state index contributed by atoms with van der Waals surface area (Å²) >= 11 is 0. The van der Waals surface area contributed by atoms with Crippen molar-refractivity contribution in [1.29, 1.82) is 0 Å². The Hall–Kier alpha value is -1.94. The van der Waals surface area contributed by atoms with Crippen molar-refractivity contribution >= 4 is 12.1 Å². The molecule has 90 valence electrons. The van der Waals surface area contributed by atoms with E-state index in [2.05, 4.69) is 4.74 Å². The maximum Gasteiger partial charge on any atom is 0.188 e. The smallest absolute Gasteiger partial charge is 0.188 e. The lowest BCUT2D eigenvalue weighted by Crippen LogP contribution is -2.24. The van der Waals surface area contributed by atoms with Gasteiger partial charge in [-0.3, -0.25) is 4.79 Å². The van der Waals surface area contributed by atoms with Gasteiger partial charge >= 0.3 is 0 Å². The van der Waals surface area contributed by atoms with Crippen LogP contribution in [-0.2, 0) is 16.0 Å². The molecule has 0 bridgehead atoms. The number of hydrogen-bond donors (Lipinski definition) is 1. The Morgan fingerprint density at radius 1 is 1.41 bits per heavy atom. The highest BCUT2D eigenvalue weighted by atomic mass is 16.5. The largest absolute Gasteiger partial charge is 0.504 e. The van der Waals surface area contributed by atoms with Crippen LogP contribution in [0.3, 0.4) is 0 Å².